The molecule has 0 aliphatic rings. The van der Waals surface area contributed by atoms with E-state index in [4.69, 9.17) is 10.5 Å². The van der Waals surface area contributed by atoms with Crippen LogP contribution in [0.3, 0.4) is 0 Å². The Morgan fingerprint density at radius 2 is 1.69 bits per heavy atom. The van der Waals surface area contributed by atoms with Crippen LogP contribution in [0.5, 0.6) is 5.75 Å². The van der Waals surface area contributed by atoms with Crippen LogP contribution in [-0.2, 0) is 14.6 Å². The van der Waals surface area contributed by atoms with Gasteiger partial charge in [-0.05, 0) is 43.3 Å². The van der Waals surface area contributed by atoms with E-state index in [1.807, 2.05) is 0 Å². The van der Waals surface area contributed by atoms with Crippen molar-refractivity contribution in [1.29, 1.82) is 0 Å². The number of sulfone groups is 1. The van der Waals surface area contributed by atoms with Gasteiger partial charge in [0.2, 0.25) is 0 Å². The number of aliphatic hydroxyl groups excluding tert-OH is 1. The monoisotopic (exact) mass is 504 g/mol. The lowest BCUT2D eigenvalue weighted by atomic mass is 10.2. The van der Waals surface area contributed by atoms with E-state index in [1.54, 1.807) is 24.3 Å². The first-order valence-electron chi connectivity index (χ1n) is 11.0. The Morgan fingerprint density at radius 3 is 2.31 bits per heavy atom. The summed E-state index contributed by atoms with van der Waals surface area (Å²) in [6.45, 7) is 4.24. The predicted octanol–water partition coefficient (Wildman–Crippen LogP) is 2.12. The maximum atomic E-state index is 12.6. The number of aliphatic hydroxyl groups is 1. The van der Waals surface area contributed by atoms with Gasteiger partial charge in [0.1, 0.15) is 11.5 Å². The van der Waals surface area contributed by atoms with Crippen molar-refractivity contribution in [3.63, 3.8) is 0 Å². The smallest absolute Gasteiger partial charge is 0.279 e. The van der Waals surface area contributed by atoms with Crippen LogP contribution >= 0.6 is 0 Å². The molecule has 2 aromatic carbocycles. The third-order valence-corrected chi connectivity index (χ3v) is 6.45. The van der Waals surface area contributed by atoms with Crippen molar-refractivity contribution < 1.29 is 23.1 Å². The summed E-state index contributed by atoms with van der Waals surface area (Å²) >= 11 is 0. The first-order chi connectivity index (χ1) is 16.8. The van der Waals surface area contributed by atoms with Gasteiger partial charge in [-0.3, -0.25) is 4.79 Å². The number of ether oxygens (including phenoxy) is 1. The van der Waals surface area contributed by atoms with E-state index in [2.05, 4.69) is 26.2 Å². The van der Waals surface area contributed by atoms with E-state index in [1.165, 1.54) is 38.3 Å². The molecule has 35 heavy (non-hydrogen) atoms. The van der Waals surface area contributed by atoms with Crippen LogP contribution in [-0.4, -0.2) is 65.0 Å². The second kappa shape index (κ2) is 14.2. The Bertz CT molecular complexity index is 1130. The van der Waals surface area contributed by atoms with Crippen molar-refractivity contribution in [3.05, 3.63) is 60.0 Å². The van der Waals surface area contributed by atoms with Crippen LogP contribution in [0, 0.1) is 0 Å². The number of carbonyl (C=O) groups excluding carboxylic acids is 1. The first-order valence-corrected chi connectivity index (χ1v) is 12.6. The molecule has 6 N–H and O–H groups in total. The number of nitrogens with two attached hydrogens (primary N) is 1. The van der Waals surface area contributed by atoms with E-state index in [9.17, 15) is 18.3 Å². The number of carbonyl (C=O) groups is 1. The molecule has 1 amide bonds. The topological polar surface area (TPSA) is 168 Å². The number of nitrogens with zero attached hydrogens (tertiary/aromatic N) is 2. The normalized spacial score (nSPS) is 12.4. The molecular formula is C23H32N6O5S. The number of benzene rings is 2. The highest BCUT2D eigenvalue weighted by molar-refractivity contribution is 7.91. The van der Waals surface area contributed by atoms with Crippen molar-refractivity contribution in [3.8, 4) is 5.75 Å². The molecule has 0 heterocycles. The molecule has 0 bridgehead atoms. The minimum absolute atomic E-state index is 0.0511. The second-order valence-electron chi connectivity index (χ2n) is 7.39. The number of nitrogens with one attached hydrogen (secondary N) is 3. The Hall–Kier alpha value is -3.32. The molecule has 11 nitrogen and oxygen atoms in total. The molecule has 0 aliphatic heterocycles. The minimum Gasteiger partial charge on any atom is -0.510 e. The summed E-state index contributed by atoms with van der Waals surface area (Å²) in [5, 5.41) is 26.5. The number of rotatable bonds is 14. The average molecular weight is 505 g/mol. The average Bonchev–Trinajstić information content (AvgIpc) is 2.84. The second-order valence-corrected chi connectivity index (χ2v) is 9.50. The van der Waals surface area contributed by atoms with Gasteiger partial charge in [-0.25, -0.2) is 8.42 Å². The highest BCUT2D eigenvalue weighted by atomic mass is 32.2. The van der Waals surface area contributed by atoms with Crippen LogP contribution in [0.1, 0.15) is 6.92 Å². The van der Waals surface area contributed by atoms with E-state index < -0.39 is 15.7 Å². The standard InChI is InChI=1S/C23H32N6O5S/c1-17(30)22(23(31)27-20-5-3-4-6-21(20)34-2)29-28-18-7-9-19(10-8-18)35(32,33)16-15-26-14-13-25-12-11-24/h3-10,25-26,30H,11-16,24H2,1-2H3,(H,27,31)/b22-17+,29-28?. The molecule has 0 saturated heterocycles. The molecule has 0 spiro atoms. The summed E-state index contributed by atoms with van der Waals surface area (Å²) in [5.41, 5.74) is 5.82. The summed E-state index contributed by atoms with van der Waals surface area (Å²) in [6, 6.07) is 12.6. The number of amides is 1. The number of azo groups is 1. The van der Waals surface area contributed by atoms with E-state index in [0.29, 0.717) is 49.8 Å². The highest BCUT2D eigenvalue weighted by Crippen LogP contribution is 2.24. The SMILES string of the molecule is COc1ccccc1NC(=O)/C(N=Nc1ccc(S(=O)(=O)CCNCCNCCN)cc1)=C(/C)O. The third-order valence-electron chi connectivity index (χ3n) is 4.72. The largest absolute Gasteiger partial charge is 0.510 e. The fourth-order valence-corrected chi connectivity index (χ4v) is 4.09. The Labute approximate surface area is 205 Å². The van der Waals surface area contributed by atoms with Gasteiger partial charge in [-0.1, -0.05) is 12.1 Å². The summed E-state index contributed by atoms with van der Waals surface area (Å²) in [4.78, 5) is 12.7. The number of hydrogen-bond donors (Lipinski definition) is 5. The zero-order valence-electron chi connectivity index (χ0n) is 19.8. The van der Waals surface area contributed by atoms with Gasteiger partial charge in [-0.15, -0.1) is 5.11 Å². The van der Waals surface area contributed by atoms with Gasteiger partial charge in [0, 0.05) is 32.7 Å². The lowest BCUT2D eigenvalue weighted by molar-refractivity contribution is -0.113. The number of methoxy groups -OCH3 is 1. The summed E-state index contributed by atoms with van der Waals surface area (Å²) < 4.78 is 30.2. The molecule has 2 rings (SSSR count). The number of hydrogen-bond acceptors (Lipinski definition) is 10. The van der Waals surface area contributed by atoms with Crippen LogP contribution < -0.4 is 26.4 Å². The van der Waals surface area contributed by atoms with Crippen molar-refractivity contribution in [2.45, 2.75) is 11.8 Å². The molecular weight excluding hydrogens is 472 g/mol. The molecule has 0 radical (unpaired) electrons. The van der Waals surface area contributed by atoms with Gasteiger partial charge in [0.05, 0.1) is 29.1 Å². The molecule has 0 unspecified atom stereocenters. The lowest BCUT2D eigenvalue weighted by Gasteiger charge is -2.10. The maximum Gasteiger partial charge on any atom is 0.279 e. The number of anilines is 1. The number of allylic oxidation sites excluding steroid dienone is 1. The molecule has 2 aromatic rings. The van der Waals surface area contributed by atoms with E-state index in [-0.39, 0.29) is 22.1 Å². The molecule has 190 valence electrons. The highest BCUT2D eigenvalue weighted by Gasteiger charge is 2.16. The third kappa shape index (κ3) is 9.09. The zero-order valence-corrected chi connectivity index (χ0v) is 20.6. The van der Waals surface area contributed by atoms with Crippen molar-refractivity contribution in [2.75, 3.05) is 50.9 Å². The fourth-order valence-electron chi connectivity index (χ4n) is 2.89. The van der Waals surface area contributed by atoms with Gasteiger partial charge in [0.25, 0.3) is 5.91 Å². The maximum absolute atomic E-state index is 12.6. The Morgan fingerprint density at radius 1 is 1.03 bits per heavy atom. The molecule has 12 heteroatoms. The van der Waals surface area contributed by atoms with E-state index in [0.717, 1.165) is 0 Å². The van der Waals surface area contributed by atoms with Crippen molar-refractivity contribution in [1.82, 2.24) is 10.6 Å². The van der Waals surface area contributed by atoms with Crippen LogP contribution in [0.4, 0.5) is 11.4 Å². The van der Waals surface area contributed by atoms with Gasteiger partial charge in [0.15, 0.2) is 15.5 Å². The molecule has 0 atom stereocenters. The first kappa shape index (κ1) is 27.9. The predicted molar refractivity (Wildman–Crippen MR) is 135 cm³/mol. The van der Waals surface area contributed by atoms with Crippen LogP contribution in [0.2, 0.25) is 0 Å². The van der Waals surface area contributed by atoms with Crippen LogP contribution in [0.25, 0.3) is 0 Å². The van der Waals surface area contributed by atoms with Gasteiger partial charge in [-0.2, -0.15) is 5.11 Å². The van der Waals surface area contributed by atoms with Gasteiger partial charge < -0.3 is 31.5 Å². The lowest BCUT2D eigenvalue weighted by Crippen LogP contribution is -2.32. The molecule has 0 aromatic heterocycles. The molecule has 0 fully saturated rings. The minimum atomic E-state index is -3.47. The summed E-state index contributed by atoms with van der Waals surface area (Å²) in [6.07, 6.45) is 0. The van der Waals surface area contributed by atoms with Crippen molar-refractivity contribution >= 4 is 27.1 Å². The molecule has 0 saturated carbocycles. The number of para-hydroxylation sites is 2. The van der Waals surface area contributed by atoms with Gasteiger partial charge >= 0.3 is 0 Å². The summed E-state index contributed by atoms with van der Waals surface area (Å²) in [7, 11) is -2.00. The fraction of sp³-hybridized carbons (Fsp3) is 0.348. The molecule has 0 aliphatic carbocycles. The Balaban J connectivity index is 1.99. The quantitative estimate of drug-likeness (QED) is 0.113. The summed E-state index contributed by atoms with van der Waals surface area (Å²) in [5.74, 6) is -0.609. The Kier molecular flexibility index (Phi) is 11.3. The van der Waals surface area contributed by atoms with Crippen molar-refractivity contribution in [2.24, 2.45) is 16.0 Å². The zero-order chi connectivity index (χ0) is 25.7. The van der Waals surface area contributed by atoms with E-state index >= 15 is 0 Å². The van der Waals surface area contributed by atoms with Crippen LogP contribution in [0.15, 0.2) is 75.1 Å².